The average Bonchev–Trinajstić information content (AvgIpc) is 2.80. The first-order valence-corrected chi connectivity index (χ1v) is 8.15. The average molecular weight is 329 g/mol. The van der Waals surface area contributed by atoms with Gasteiger partial charge in [-0.25, -0.2) is 0 Å². The van der Waals surface area contributed by atoms with E-state index in [0.717, 1.165) is 23.0 Å². The van der Waals surface area contributed by atoms with E-state index < -0.39 is 0 Å². The number of hydrogen-bond donors (Lipinski definition) is 0. The molecule has 1 aliphatic rings. The molecule has 128 valence electrons. The van der Waals surface area contributed by atoms with Crippen LogP contribution in [0.3, 0.4) is 0 Å². The normalized spacial score (nSPS) is 17.5. The van der Waals surface area contributed by atoms with Crippen molar-refractivity contribution in [1.82, 2.24) is 24.6 Å². The number of carbonyl (C=O) groups is 1. The van der Waals surface area contributed by atoms with E-state index in [-0.39, 0.29) is 11.9 Å². The lowest BCUT2D eigenvalue weighted by Gasteiger charge is -2.27. The van der Waals surface area contributed by atoms with E-state index in [1.807, 2.05) is 30.9 Å². The molecular formula is C17H23N5O2. The van der Waals surface area contributed by atoms with Crippen molar-refractivity contribution in [2.45, 2.75) is 46.4 Å². The van der Waals surface area contributed by atoms with E-state index in [1.54, 1.807) is 7.11 Å². The fourth-order valence-electron chi connectivity index (χ4n) is 3.25. The Kier molecular flexibility index (Phi) is 4.62. The number of aromatic nitrogens is 4. The summed E-state index contributed by atoms with van der Waals surface area (Å²) in [7, 11) is 1.64. The van der Waals surface area contributed by atoms with Crippen molar-refractivity contribution < 1.29 is 9.53 Å². The van der Waals surface area contributed by atoms with Crippen LogP contribution in [0.2, 0.25) is 0 Å². The molecule has 0 spiro atoms. The Hall–Kier alpha value is -2.28. The summed E-state index contributed by atoms with van der Waals surface area (Å²) in [6.07, 6.45) is 0.686. The van der Waals surface area contributed by atoms with Crippen LogP contribution in [0.5, 0.6) is 0 Å². The predicted molar refractivity (Wildman–Crippen MR) is 88.6 cm³/mol. The number of aryl methyl sites for hydroxylation is 2. The zero-order valence-corrected chi connectivity index (χ0v) is 14.6. The highest BCUT2D eigenvalue weighted by Crippen LogP contribution is 2.18. The van der Waals surface area contributed by atoms with Gasteiger partial charge in [0.1, 0.15) is 12.4 Å². The van der Waals surface area contributed by atoms with Crippen molar-refractivity contribution in [2.24, 2.45) is 0 Å². The maximum absolute atomic E-state index is 13.0. The van der Waals surface area contributed by atoms with Gasteiger partial charge >= 0.3 is 0 Å². The highest BCUT2D eigenvalue weighted by atomic mass is 16.5. The molecule has 0 fully saturated rings. The van der Waals surface area contributed by atoms with E-state index in [1.165, 1.54) is 0 Å². The summed E-state index contributed by atoms with van der Waals surface area (Å²) in [5.41, 5.74) is 2.42. The predicted octanol–water partition coefficient (Wildman–Crippen LogP) is 1.52. The van der Waals surface area contributed by atoms with Crippen LogP contribution < -0.4 is 0 Å². The first-order valence-electron chi connectivity index (χ1n) is 8.15. The van der Waals surface area contributed by atoms with Crippen molar-refractivity contribution in [1.29, 1.82) is 0 Å². The Balaban J connectivity index is 1.84. The van der Waals surface area contributed by atoms with Gasteiger partial charge in [-0.15, -0.1) is 10.2 Å². The number of pyridine rings is 1. The maximum Gasteiger partial charge on any atom is 0.254 e. The molecule has 7 nitrogen and oxygen atoms in total. The van der Waals surface area contributed by atoms with E-state index in [0.29, 0.717) is 31.7 Å². The summed E-state index contributed by atoms with van der Waals surface area (Å²) in [6, 6.07) is 3.76. The highest BCUT2D eigenvalue weighted by Gasteiger charge is 2.28. The van der Waals surface area contributed by atoms with Crippen LogP contribution >= 0.6 is 0 Å². The largest absolute Gasteiger partial charge is 0.377 e. The molecule has 0 aliphatic carbocycles. The molecule has 7 heteroatoms. The zero-order chi connectivity index (χ0) is 17.3. The summed E-state index contributed by atoms with van der Waals surface area (Å²) in [4.78, 5) is 19.2. The van der Waals surface area contributed by atoms with Crippen LogP contribution in [0.25, 0.3) is 0 Å². The molecule has 1 amide bonds. The molecule has 1 unspecified atom stereocenters. The van der Waals surface area contributed by atoms with E-state index >= 15 is 0 Å². The molecule has 0 bridgehead atoms. The van der Waals surface area contributed by atoms with Crippen molar-refractivity contribution in [3.05, 3.63) is 40.7 Å². The van der Waals surface area contributed by atoms with Crippen molar-refractivity contribution in [2.75, 3.05) is 13.7 Å². The van der Waals surface area contributed by atoms with Crippen molar-refractivity contribution in [3.8, 4) is 0 Å². The van der Waals surface area contributed by atoms with Gasteiger partial charge in [0.2, 0.25) is 0 Å². The number of methoxy groups -OCH3 is 1. The standard InChI is InChI=1S/C17H23N5O2/c1-11-7-14(8-12(2)18-11)17(23)21-5-6-22-15(9-13(21)3)19-20-16(22)10-24-4/h7-8,13H,5-6,9-10H2,1-4H3. The first kappa shape index (κ1) is 16.6. The number of fused-ring (bicyclic) bond motifs is 1. The van der Waals surface area contributed by atoms with Crippen LogP contribution in [0.15, 0.2) is 12.1 Å². The van der Waals surface area contributed by atoms with Crippen LogP contribution in [0.4, 0.5) is 0 Å². The highest BCUT2D eigenvalue weighted by molar-refractivity contribution is 5.94. The fourth-order valence-corrected chi connectivity index (χ4v) is 3.25. The molecule has 1 aliphatic heterocycles. The molecule has 0 saturated carbocycles. The van der Waals surface area contributed by atoms with Gasteiger partial charge in [-0.1, -0.05) is 0 Å². The Labute approximate surface area is 141 Å². The number of carbonyl (C=O) groups excluding carboxylic acids is 1. The molecule has 0 N–H and O–H groups in total. The molecule has 3 rings (SSSR count). The molecule has 2 aromatic heterocycles. The van der Waals surface area contributed by atoms with E-state index in [2.05, 4.69) is 26.7 Å². The van der Waals surface area contributed by atoms with Gasteiger partial charge in [-0.3, -0.25) is 9.78 Å². The van der Waals surface area contributed by atoms with Crippen LogP contribution in [-0.4, -0.2) is 50.3 Å². The zero-order valence-electron chi connectivity index (χ0n) is 14.6. The van der Waals surface area contributed by atoms with Gasteiger partial charge in [-0.2, -0.15) is 0 Å². The van der Waals surface area contributed by atoms with E-state index in [4.69, 9.17) is 4.74 Å². The summed E-state index contributed by atoms with van der Waals surface area (Å²) >= 11 is 0. The first-order chi connectivity index (χ1) is 11.5. The molecule has 3 heterocycles. The summed E-state index contributed by atoms with van der Waals surface area (Å²) in [5, 5.41) is 8.46. The Bertz CT molecular complexity index is 735. The summed E-state index contributed by atoms with van der Waals surface area (Å²) in [6.45, 7) is 7.61. The molecule has 0 saturated heterocycles. The molecule has 2 aromatic rings. The number of ether oxygens (including phenoxy) is 1. The topological polar surface area (TPSA) is 73.1 Å². The second kappa shape index (κ2) is 6.68. The minimum Gasteiger partial charge on any atom is -0.377 e. The third-order valence-corrected chi connectivity index (χ3v) is 4.34. The van der Waals surface area contributed by atoms with Crippen LogP contribution in [0.1, 0.15) is 40.3 Å². The van der Waals surface area contributed by atoms with Gasteiger partial charge in [-0.05, 0) is 32.9 Å². The van der Waals surface area contributed by atoms with Crippen molar-refractivity contribution >= 4 is 5.91 Å². The van der Waals surface area contributed by atoms with Gasteiger partial charge in [0.25, 0.3) is 5.91 Å². The Morgan fingerprint density at radius 1 is 1.25 bits per heavy atom. The van der Waals surface area contributed by atoms with Gasteiger partial charge in [0, 0.05) is 49.6 Å². The minimum absolute atomic E-state index is 0.0445. The monoisotopic (exact) mass is 329 g/mol. The SMILES string of the molecule is COCc1nnc2n1CCN(C(=O)c1cc(C)nc(C)c1)C(C)C2. The Morgan fingerprint density at radius 3 is 2.62 bits per heavy atom. The number of amides is 1. The molecule has 0 aromatic carbocycles. The lowest BCUT2D eigenvalue weighted by molar-refractivity contribution is 0.0694. The van der Waals surface area contributed by atoms with Gasteiger partial charge < -0.3 is 14.2 Å². The third kappa shape index (κ3) is 3.17. The van der Waals surface area contributed by atoms with Crippen LogP contribution in [-0.2, 0) is 24.3 Å². The van der Waals surface area contributed by atoms with Crippen molar-refractivity contribution in [3.63, 3.8) is 0 Å². The molecule has 0 radical (unpaired) electrons. The number of nitrogens with zero attached hydrogens (tertiary/aromatic N) is 5. The van der Waals surface area contributed by atoms with Gasteiger partial charge in [0.05, 0.1) is 0 Å². The number of rotatable bonds is 3. The molecule has 1 atom stereocenters. The third-order valence-electron chi connectivity index (χ3n) is 4.34. The Morgan fingerprint density at radius 2 is 1.96 bits per heavy atom. The maximum atomic E-state index is 13.0. The van der Waals surface area contributed by atoms with Crippen LogP contribution in [0, 0.1) is 13.8 Å². The second-order valence-electron chi connectivity index (χ2n) is 6.31. The quantitative estimate of drug-likeness (QED) is 0.854. The minimum atomic E-state index is 0.0445. The lowest BCUT2D eigenvalue weighted by Crippen LogP contribution is -2.40. The van der Waals surface area contributed by atoms with Gasteiger partial charge in [0.15, 0.2) is 5.82 Å². The van der Waals surface area contributed by atoms with E-state index in [9.17, 15) is 4.79 Å². The number of hydrogen-bond acceptors (Lipinski definition) is 5. The summed E-state index contributed by atoms with van der Waals surface area (Å²) in [5.74, 6) is 1.76. The second-order valence-corrected chi connectivity index (χ2v) is 6.31. The summed E-state index contributed by atoms with van der Waals surface area (Å²) < 4.78 is 7.24. The smallest absolute Gasteiger partial charge is 0.254 e. The molecule has 24 heavy (non-hydrogen) atoms. The molecular weight excluding hydrogens is 306 g/mol. The fraction of sp³-hybridized carbons (Fsp3) is 0.529. The lowest BCUT2D eigenvalue weighted by atomic mass is 10.1.